The van der Waals surface area contributed by atoms with Gasteiger partial charge in [0, 0.05) is 18.3 Å². The Labute approximate surface area is 158 Å². The van der Waals surface area contributed by atoms with Gasteiger partial charge in [-0.1, -0.05) is 19.1 Å². The number of aryl methyl sites for hydroxylation is 1. The van der Waals surface area contributed by atoms with E-state index >= 15 is 0 Å². The first-order chi connectivity index (χ1) is 12.7. The average molecular weight is 375 g/mol. The summed E-state index contributed by atoms with van der Waals surface area (Å²) in [5.41, 5.74) is 1.08. The van der Waals surface area contributed by atoms with Crippen molar-refractivity contribution in [3.8, 4) is 5.69 Å². The number of rotatable bonds is 6. The summed E-state index contributed by atoms with van der Waals surface area (Å²) in [7, 11) is 0. The van der Waals surface area contributed by atoms with Crippen LogP contribution in [0.4, 0.5) is 9.18 Å². The lowest BCUT2D eigenvalue weighted by Crippen LogP contribution is -2.37. The van der Waals surface area contributed by atoms with E-state index in [0.717, 1.165) is 6.42 Å². The van der Waals surface area contributed by atoms with Crippen molar-refractivity contribution in [1.29, 1.82) is 0 Å². The molecule has 0 radical (unpaired) electrons. The molecule has 27 heavy (non-hydrogen) atoms. The average Bonchev–Trinajstić information content (AvgIpc) is 2.93. The van der Waals surface area contributed by atoms with Gasteiger partial charge in [-0.3, -0.25) is 4.79 Å². The van der Waals surface area contributed by atoms with Crippen LogP contribution in [0.15, 0.2) is 24.4 Å². The van der Waals surface area contributed by atoms with Crippen LogP contribution in [0.2, 0.25) is 0 Å². The summed E-state index contributed by atoms with van der Waals surface area (Å²) in [5.74, 6) is -0.479. The Morgan fingerprint density at radius 3 is 2.63 bits per heavy atom. The third-order valence-electron chi connectivity index (χ3n) is 3.87. The lowest BCUT2D eigenvalue weighted by Gasteiger charge is -2.28. The van der Waals surface area contributed by atoms with E-state index in [1.54, 1.807) is 44.7 Å². The molecule has 1 aromatic heterocycles. The van der Waals surface area contributed by atoms with E-state index in [1.807, 2.05) is 6.92 Å². The number of para-hydroxylation sites is 1. The quantitative estimate of drug-likeness (QED) is 0.707. The number of hydrogen-bond acceptors (Lipinski definition) is 4. The highest BCUT2D eigenvalue weighted by Gasteiger charge is 2.24. The number of nitrogens with zero attached hydrogens (tertiary/aromatic N) is 3. The second kappa shape index (κ2) is 8.33. The summed E-state index contributed by atoms with van der Waals surface area (Å²) < 4.78 is 21.4. The van der Waals surface area contributed by atoms with Gasteiger partial charge in [-0.15, -0.1) is 0 Å². The number of ether oxygens (including phenoxy) is 1. The third kappa shape index (κ3) is 5.15. The molecule has 0 aliphatic heterocycles. The second-order valence-electron chi connectivity index (χ2n) is 7.38. The molecule has 6 nitrogen and oxygen atoms in total. The number of amides is 1. The van der Waals surface area contributed by atoms with Gasteiger partial charge in [-0.25, -0.2) is 13.9 Å². The van der Waals surface area contributed by atoms with Crippen molar-refractivity contribution in [2.45, 2.75) is 53.2 Å². The number of hydrogen-bond donors (Lipinski definition) is 0. The minimum atomic E-state index is -0.619. The van der Waals surface area contributed by atoms with Gasteiger partial charge >= 0.3 is 6.09 Å². The van der Waals surface area contributed by atoms with Crippen LogP contribution in [-0.2, 0) is 11.3 Å². The fourth-order valence-electron chi connectivity index (χ4n) is 2.68. The number of carbonyl (C=O) groups excluding carboxylic acids is 2. The molecule has 0 N–H and O–H groups in total. The Bertz CT molecular complexity index is 824. The molecule has 0 atom stereocenters. The zero-order chi connectivity index (χ0) is 20.2. The van der Waals surface area contributed by atoms with Crippen molar-refractivity contribution < 1.29 is 18.7 Å². The van der Waals surface area contributed by atoms with Crippen molar-refractivity contribution in [1.82, 2.24) is 14.7 Å². The van der Waals surface area contributed by atoms with E-state index in [-0.39, 0.29) is 12.2 Å². The van der Waals surface area contributed by atoms with Crippen molar-refractivity contribution in [2.75, 3.05) is 6.54 Å². The molecule has 0 bridgehead atoms. The summed E-state index contributed by atoms with van der Waals surface area (Å²) in [6, 6.07) is 4.65. The van der Waals surface area contributed by atoms with E-state index in [1.165, 1.54) is 16.9 Å². The van der Waals surface area contributed by atoms with Crippen molar-refractivity contribution in [2.24, 2.45) is 0 Å². The lowest BCUT2D eigenvalue weighted by molar-refractivity contribution is 0.0233. The summed E-state index contributed by atoms with van der Waals surface area (Å²) >= 11 is 0. The van der Waals surface area contributed by atoms with E-state index < -0.39 is 17.5 Å². The minimum absolute atomic E-state index is 0.172. The molecular weight excluding hydrogens is 349 g/mol. The Kier molecular flexibility index (Phi) is 6.36. The molecule has 1 heterocycles. The van der Waals surface area contributed by atoms with Gasteiger partial charge in [0.05, 0.1) is 17.8 Å². The van der Waals surface area contributed by atoms with Crippen LogP contribution in [0.1, 0.15) is 55.7 Å². The van der Waals surface area contributed by atoms with Crippen molar-refractivity contribution in [3.05, 3.63) is 47.0 Å². The molecule has 1 amide bonds. The molecule has 0 aliphatic rings. The van der Waals surface area contributed by atoms with Crippen LogP contribution >= 0.6 is 0 Å². The topological polar surface area (TPSA) is 64.4 Å². The largest absolute Gasteiger partial charge is 0.444 e. The molecule has 0 saturated carbocycles. The fourth-order valence-corrected chi connectivity index (χ4v) is 2.68. The van der Waals surface area contributed by atoms with Crippen LogP contribution in [-0.4, -0.2) is 39.2 Å². The van der Waals surface area contributed by atoms with Gasteiger partial charge in [0.2, 0.25) is 0 Å². The number of aromatic nitrogens is 2. The highest BCUT2D eigenvalue weighted by molar-refractivity contribution is 5.76. The first-order valence-electron chi connectivity index (χ1n) is 8.93. The normalized spacial score (nSPS) is 11.3. The highest BCUT2D eigenvalue weighted by Crippen LogP contribution is 2.22. The summed E-state index contributed by atoms with van der Waals surface area (Å²) in [5, 5.41) is 4.24. The maximum atomic E-state index is 14.6. The number of halogens is 1. The monoisotopic (exact) mass is 375 g/mol. The molecule has 0 spiro atoms. The molecule has 0 saturated heterocycles. The van der Waals surface area contributed by atoms with Gasteiger partial charge in [-0.2, -0.15) is 5.10 Å². The zero-order valence-corrected chi connectivity index (χ0v) is 16.5. The Hall–Kier alpha value is -2.70. The molecule has 1 aromatic carbocycles. The molecule has 0 fully saturated rings. The Balaban J connectivity index is 2.40. The predicted octanol–water partition coefficient (Wildman–Crippen LogP) is 4.28. The third-order valence-corrected chi connectivity index (χ3v) is 3.87. The van der Waals surface area contributed by atoms with E-state index in [0.29, 0.717) is 29.7 Å². The smallest absolute Gasteiger partial charge is 0.410 e. The first kappa shape index (κ1) is 20.6. The van der Waals surface area contributed by atoms with Gasteiger partial charge in [0.15, 0.2) is 6.29 Å². The molecule has 7 heteroatoms. The van der Waals surface area contributed by atoms with Crippen molar-refractivity contribution in [3.63, 3.8) is 0 Å². The summed E-state index contributed by atoms with van der Waals surface area (Å²) in [4.78, 5) is 25.2. The van der Waals surface area contributed by atoms with Crippen molar-refractivity contribution >= 4 is 12.4 Å². The van der Waals surface area contributed by atoms with Gasteiger partial charge < -0.3 is 9.64 Å². The van der Waals surface area contributed by atoms with Gasteiger partial charge in [0.25, 0.3) is 0 Å². The lowest BCUT2D eigenvalue weighted by atomic mass is 10.1. The first-order valence-corrected chi connectivity index (χ1v) is 8.93. The fraction of sp³-hybridized carbons (Fsp3) is 0.450. The number of carbonyl (C=O) groups is 2. The molecule has 2 rings (SSSR count). The Morgan fingerprint density at radius 1 is 1.37 bits per heavy atom. The van der Waals surface area contributed by atoms with Gasteiger partial charge in [-0.05, 0) is 40.2 Å². The SMILES string of the molecule is CCCN(Cc1cccc(F)c1-n1cc(C=O)c(C)n1)C(=O)OC(C)(C)C. The minimum Gasteiger partial charge on any atom is -0.444 e. The van der Waals surface area contributed by atoms with Crippen LogP contribution in [0.3, 0.4) is 0 Å². The maximum absolute atomic E-state index is 14.6. The summed E-state index contributed by atoms with van der Waals surface area (Å²) in [6.45, 7) is 9.69. The molecule has 0 aliphatic carbocycles. The van der Waals surface area contributed by atoms with Crippen LogP contribution in [0.25, 0.3) is 5.69 Å². The van der Waals surface area contributed by atoms with E-state index in [4.69, 9.17) is 4.74 Å². The van der Waals surface area contributed by atoms with Crippen LogP contribution < -0.4 is 0 Å². The van der Waals surface area contributed by atoms with E-state index in [2.05, 4.69) is 5.10 Å². The zero-order valence-electron chi connectivity index (χ0n) is 16.5. The second-order valence-corrected chi connectivity index (χ2v) is 7.38. The molecule has 0 unspecified atom stereocenters. The Morgan fingerprint density at radius 2 is 2.07 bits per heavy atom. The molecule has 2 aromatic rings. The standard InChI is InChI=1S/C20H26FN3O3/c1-6-10-23(19(26)27-20(3,4)5)11-15-8-7-9-17(21)18(15)24-12-16(13-25)14(2)22-24/h7-9,12-13H,6,10-11H2,1-5H3. The highest BCUT2D eigenvalue weighted by atomic mass is 19.1. The maximum Gasteiger partial charge on any atom is 0.410 e. The van der Waals surface area contributed by atoms with E-state index in [9.17, 15) is 14.0 Å². The molecular formula is C20H26FN3O3. The number of aldehydes is 1. The predicted molar refractivity (Wildman–Crippen MR) is 101 cm³/mol. The summed E-state index contributed by atoms with van der Waals surface area (Å²) in [6.07, 6.45) is 2.45. The van der Waals surface area contributed by atoms with Gasteiger partial charge in [0.1, 0.15) is 17.1 Å². The van der Waals surface area contributed by atoms with Crippen LogP contribution in [0, 0.1) is 12.7 Å². The van der Waals surface area contributed by atoms with Crippen LogP contribution in [0.5, 0.6) is 0 Å². The molecule has 146 valence electrons. The number of benzene rings is 1.